The number of hydrogen-bond acceptors (Lipinski definition) is 13. The topological polar surface area (TPSA) is 230 Å². The molecule has 0 spiro atoms. The predicted molar refractivity (Wildman–Crippen MR) is 241 cm³/mol. The van der Waals surface area contributed by atoms with Crippen molar-refractivity contribution in [1.29, 1.82) is 0 Å². The molecular formula is C47H79O14P. The maximum Gasteiger partial charge on any atom is 0.472 e. The van der Waals surface area contributed by atoms with Crippen molar-refractivity contribution in [1.82, 2.24) is 0 Å². The molecule has 0 saturated heterocycles. The Balaban J connectivity index is 2.60. The largest absolute Gasteiger partial charge is 0.472 e. The van der Waals surface area contributed by atoms with E-state index in [4.69, 9.17) is 18.5 Å². The van der Waals surface area contributed by atoms with Crippen LogP contribution in [0.2, 0.25) is 0 Å². The van der Waals surface area contributed by atoms with Gasteiger partial charge in [0.05, 0.1) is 12.7 Å². The van der Waals surface area contributed by atoms with Crippen molar-refractivity contribution in [3.05, 3.63) is 72.9 Å². The molecular weight excluding hydrogens is 819 g/mol. The quantitative estimate of drug-likeness (QED) is 0.0105. The van der Waals surface area contributed by atoms with Gasteiger partial charge in [-0.05, 0) is 77.0 Å². The summed E-state index contributed by atoms with van der Waals surface area (Å²) < 4.78 is 33.3. The molecule has 9 atom stereocenters. The molecule has 0 aromatic heterocycles. The van der Waals surface area contributed by atoms with Gasteiger partial charge in [-0.3, -0.25) is 18.6 Å². The lowest BCUT2D eigenvalue weighted by Gasteiger charge is -2.41. The van der Waals surface area contributed by atoms with Crippen LogP contribution in [0.15, 0.2) is 72.9 Å². The number of carbonyl (C=O) groups excluding carboxylic acids is 2. The van der Waals surface area contributed by atoms with Gasteiger partial charge in [-0.2, -0.15) is 0 Å². The van der Waals surface area contributed by atoms with Gasteiger partial charge in [0.25, 0.3) is 0 Å². The zero-order valence-electron chi connectivity index (χ0n) is 37.2. The molecule has 1 aliphatic carbocycles. The standard InChI is InChI=1S/C47H79O14P/c1-3-5-7-9-11-13-15-17-18-20-22-24-26-28-30-34-40(49)58-36-39(37-59-62(56,57)61-47-45(54)43(52)42(51)44(53)46(47)55)60-41(50)35-31-33-38(48)32-29-27-25-23-21-19-16-14-12-10-8-6-4-2/h11,13,17-19,21-22,24-25,27,29,32,38-39,42-48,51-55H,3-10,12,14-16,20,23,26,28,30-31,33-37H2,1-2H3,(H,56,57)/b13-11-,18-17-,21-19+,24-22-,27-25+,32-29+/t38?,39-,42?,43-,44+,45-,46-,47?/m1/s1. The third-order valence-electron chi connectivity index (χ3n) is 10.1. The second-order valence-electron chi connectivity index (χ2n) is 15.7. The average molecular weight is 899 g/mol. The molecule has 15 heteroatoms. The molecule has 1 saturated carbocycles. The maximum atomic E-state index is 12.8. The minimum atomic E-state index is -5.18. The van der Waals surface area contributed by atoms with Crippen LogP contribution in [0.1, 0.15) is 149 Å². The van der Waals surface area contributed by atoms with Crippen LogP contribution in [0, 0.1) is 0 Å². The first-order valence-electron chi connectivity index (χ1n) is 22.8. The highest BCUT2D eigenvalue weighted by atomic mass is 31.2. The highest BCUT2D eigenvalue weighted by molar-refractivity contribution is 7.47. The van der Waals surface area contributed by atoms with Crippen molar-refractivity contribution in [2.24, 2.45) is 0 Å². The van der Waals surface area contributed by atoms with Crippen molar-refractivity contribution in [2.45, 2.75) is 198 Å². The van der Waals surface area contributed by atoms with Crippen LogP contribution >= 0.6 is 7.82 Å². The summed E-state index contributed by atoms with van der Waals surface area (Å²) in [4.78, 5) is 35.7. The van der Waals surface area contributed by atoms with Crippen molar-refractivity contribution < 1.29 is 68.2 Å². The monoisotopic (exact) mass is 899 g/mol. The fourth-order valence-corrected chi connectivity index (χ4v) is 7.33. The number of ether oxygens (including phenoxy) is 2. The van der Waals surface area contributed by atoms with E-state index in [-0.39, 0.29) is 25.7 Å². The normalized spacial score (nSPS) is 23.0. The summed E-state index contributed by atoms with van der Waals surface area (Å²) in [5, 5.41) is 60.4. The van der Waals surface area contributed by atoms with Crippen LogP contribution in [-0.4, -0.2) is 110 Å². The number of allylic oxidation sites excluding steroid dienone is 11. The van der Waals surface area contributed by atoms with Crippen molar-refractivity contribution in [2.75, 3.05) is 13.2 Å². The van der Waals surface area contributed by atoms with Gasteiger partial charge in [0.15, 0.2) is 6.10 Å². The Morgan fingerprint density at radius 1 is 0.581 bits per heavy atom. The second-order valence-corrected chi connectivity index (χ2v) is 17.2. The third kappa shape index (κ3) is 28.8. The molecule has 1 fully saturated rings. The zero-order chi connectivity index (χ0) is 45.9. The summed E-state index contributed by atoms with van der Waals surface area (Å²) in [7, 11) is -5.18. The van der Waals surface area contributed by atoms with E-state index in [1.165, 1.54) is 57.8 Å². The number of phosphoric ester groups is 1. The summed E-state index contributed by atoms with van der Waals surface area (Å²) in [6.07, 6.45) is 28.4. The number of hydrogen-bond donors (Lipinski definition) is 7. The molecule has 62 heavy (non-hydrogen) atoms. The number of aliphatic hydroxyl groups excluding tert-OH is 6. The van der Waals surface area contributed by atoms with E-state index in [0.29, 0.717) is 6.42 Å². The van der Waals surface area contributed by atoms with Gasteiger partial charge in [0.2, 0.25) is 0 Å². The van der Waals surface area contributed by atoms with Crippen molar-refractivity contribution >= 4 is 19.8 Å². The third-order valence-corrected chi connectivity index (χ3v) is 11.1. The van der Waals surface area contributed by atoms with Crippen LogP contribution in [0.4, 0.5) is 0 Å². The van der Waals surface area contributed by atoms with Gasteiger partial charge < -0.3 is 45.0 Å². The zero-order valence-corrected chi connectivity index (χ0v) is 38.1. The summed E-state index contributed by atoms with van der Waals surface area (Å²) in [6, 6.07) is 0. The lowest BCUT2D eigenvalue weighted by molar-refractivity contribution is -0.220. The van der Waals surface area contributed by atoms with E-state index < -0.39 is 81.8 Å². The Hall–Kier alpha value is -2.75. The highest BCUT2D eigenvalue weighted by Crippen LogP contribution is 2.47. The molecule has 1 rings (SSSR count). The summed E-state index contributed by atoms with van der Waals surface area (Å²) >= 11 is 0. The Morgan fingerprint density at radius 3 is 1.68 bits per heavy atom. The van der Waals surface area contributed by atoms with E-state index >= 15 is 0 Å². The molecule has 0 amide bonds. The molecule has 0 radical (unpaired) electrons. The first-order valence-corrected chi connectivity index (χ1v) is 24.3. The van der Waals surface area contributed by atoms with Crippen LogP contribution in [0.25, 0.3) is 0 Å². The average Bonchev–Trinajstić information content (AvgIpc) is 3.25. The van der Waals surface area contributed by atoms with Gasteiger partial charge >= 0.3 is 19.8 Å². The number of esters is 2. The fraction of sp³-hybridized carbons (Fsp3) is 0.702. The van der Waals surface area contributed by atoms with E-state index in [0.717, 1.165) is 44.9 Å². The minimum Gasteiger partial charge on any atom is -0.462 e. The Labute approximate surface area is 370 Å². The van der Waals surface area contributed by atoms with Crippen LogP contribution in [0.3, 0.4) is 0 Å². The van der Waals surface area contributed by atoms with Gasteiger partial charge in [-0.15, -0.1) is 0 Å². The first kappa shape index (κ1) is 57.3. The Morgan fingerprint density at radius 2 is 1.06 bits per heavy atom. The lowest BCUT2D eigenvalue weighted by atomic mass is 9.85. The minimum absolute atomic E-state index is 0.0754. The van der Waals surface area contributed by atoms with Crippen molar-refractivity contribution in [3.63, 3.8) is 0 Å². The Bertz CT molecular complexity index is 1380. The molecule has 7 N–H and O–H groups in total. The van der Waals surface area contributed by atoms with E-state index in [2.05, 4.69) is 62.5 Å². The number of unbranched alkanes of at least 4 members (excludes halogenated alkanes) is 11. The molecule has 0 bridgehead atoms. The molecule has 0 aliphatic heterocycles. The van der Waals surface area contributed by atoms with Gasteiger partial charge in [0.1, 0.15) is 43.2 Å². The molecule has 1 aliphatic rings. The molecule has 14 nitrogen and oxygen atoms in total. The van der Waals surface area contributed by atoms with Crippen LogP contribution < -0.4 is 0 Å². The van der Waals surface area contributed by atoms with Crippen molar-refractivity contribution in [3.8, 4) is 0 Å². The van der Waals surface area contributed by atoms with Gasteiger partial charge in [-0.25, -0.2) is 4.57 Å². The fourth-order valence-electron chi connectivity index (χ4n) is 6.36. The lowest BCUT2D eigenvalue weighted by Crippen LogP contribution is -2.64. The SMILES string of the molecule is CCCCC/C=C\C/C=C\C/C=C\CCCCC(=O)OC[C@H](COP(=O)(O)OC1[C@H](O)[C@H](O)C(O)[C@H](O)[C@H]1O)OC(=O)CCCC(O)/C=C/C=C/C/C=C/CCCCCCCC. The van der Waals surface area contributed by atoms with Crippen LogP contribution in [0.5, 0.6) is 0 Å². The van der Waals surface area contributed by atoms with E-state index in [1.807, 2.05) is 12.2 Å². The summed E-state index contributed by atoms with van der Waals surface area (Å²) in [5.41, 5.74) is 0. The van der Waals surface area contributed by atoms with E-state index in [1.54, 1.807) is 12.2 Å². The smallest absolute Gasteiger partial charge is 0.462 e. The summed E-state index contributed by atoms with van der Waals surface area (Å²) in [5.74, 6) is -1.35. The number of rotatable bonds is 36. The van der Waals surface area contributed by atoms with E-state index in [9.17, 15) is 49.7 Å². The van der Waals surface area contributed by atoms with Gasteiger partial charge in [-0.1, -0.05) is 132 Å². The molecule has 356 valence electrons. The molecule has 4 unspecified atom stereocenters. The van der Waals surface area contributed by atoms with Crippen LogP contribution in [-0.2, 0) is 32.7 Å². The predicted octanol–water partition coefficient (Wildman–Crippen LogP) is 7.69. The molecule has 0 aromatic carbocycles. The van der Waals surface area contributed by atoms with Gasteiger partial charge in [0, 0.05) is 12.8 Å². The number of aliphatic hydroxyl groups is 6. The highest BCUT2D eigenvalue weighted by Gasteiger charge is 2.51. The first-order chi connectivity index (χ1) is 29.8. The Kier molecular flexibility index (Phi) is 33.8. The maximum absolute atomic E-state index is 12.8. The summed E-state index contributed by atoms with van der Waals surface area (Å²) in [6.45, 7) is 3.05. The number of carbonyl (C=O) groups is 2. The molecule has 0 aromatic rings. The number of phosphoric acid groups is 1. The molecule has 0 heterocycles. The second kappa shape index (κ2) is 36.6.